The molecule has 0 radical (unpaired) electrons. The van der Waals surface area contributed by atoms with Crippen molar-refractivity contribution in [2.24, 2.45) is 0 Å². The third-order valence-electron chi connectivity index (χ3n) is 6.69. The minimum Gasteiger partial charge on any atom is -0.378 e. The number of pyridine rings is 1. The lowest BCUT2D eigenvalue weighted by Crippen LogP contribution is -2.36. The minimum atomic E-state index is 0.210. The number of nitrogens with one attached hydrogen (secondary N) is 2. The third-order valence-corrected chi connectivity index (χ3v) is 6.69. The van der Waals surface area contributed by atoms with Gasteiger partial charge in [-0.1, -0.05) is 0 Å². The van der Waals surface area contributed by atoms with Gasteiger partial charge in [0.15, 0.2) is 17.0 Å². The topological polar surface area (TPSA) is 113 Å². The lowest BCUT2D eigenvalue weighted by Gasteiger charge is -2.28. The molecule has 6 rings (SSSR count). The van der Waals surface area contributed by atoms with E-state index < -0.39 is 0 Å². The molecule has 11 nitrogen and oxygen atoms in total. The van der Waals surface area contributed by atoms with Crippen LogP contribution in [0.4, 0.5) is 28.8 Å². The smallest absolute Gasteiger partial charge is 0.231 e. The summed E-state index contributed by atoms with van der Waals surface area (Å²) in [6, 6.07) is 12.0. The van der Waals surface area contributed by atoms with Gasteiger partial charge in [-0.15, -0.1) is 0 Å². The molecule has 2 aliphatic rings. The zero-order valence-corrected chi connectivity index (χ0v) is 20.5. The van der Waals surface area contributed by atoms with E-state index in [9.17, 15) is 4.79 Å². The average molecular weight is 500 g/mol. The van der Waals surface area contributed by atoms with Gasteiger partial charge in [-0.25, -0.2) is 4.98 Å². The lowest BCUT2D eigenvalue weighted by atomic mass is 10.2. The molecule has 0 bridgehead atoms. The number of ether oxygens (including phenoxy) is 1. The van der Waals surface area contributed by atoms with Crippen LogP contribution in [0.1, 0.15) is 12.8 Å². The Morgan fingerprint density at radius 2 is 1.68 bits per heavy atom. The van der Waals surface area contributed by atoms with Gasteiger partial charge in [-0.3, -0.25) is 9.78 Å². The molecule has 5 heterocycles. The summed E-state index contributed by atoms with van der Waals surface area (Å²) in [4.78, 5) is 34.5. The van der Waals surface area contributed by atoms with Crippen molar-refractivity contribution >= 4 is 45.9 Å². The van der Waals surface area contributed by atoms with Gasteiger partial charge in [-0.05, 0) is 42.8 Å². The monoisotopic (exact) mass is 499 g/mol. The number of hydrogen-bond donors (Lipinski definition) is 2. The zero-order valence-electron chi connectivity index (χ0n) is 20.5. The second kappa shape index (κ2) is 10.4. The van der Waals surface area contributed by atoms with Crippen LogP contribution in [0, 0.1) is 0 Å². The summed E-state index contributed by atoms with van der Waals surface area (Å²) in [5.41, 5.74) is 4.28. The number of benzene rings is 1. The van der Waals surface area contributed by atoms with Crippen LogP contribution in [0.5, 0.6) is 0 Å². The third kappa shape index (κ3) is 5.17. The number of imidazole rings is 1. The maximum atomic E-state index is 12.1. The first-order chi connectivity index (χ1) is 18.2. The van der Waals surface area contributed by atoms with Gasteiger partial charge in [0, 0.05) is 68.6 Å². The number of morpholine rings is 1. The van der Waals surface area contributed by atoms with Crippen molar-refractivity contribution in [2.75, 3.05) is 54.9 Å². The molecule has 2 aliphatic heterocycles. The van der Waals surface area contributed by atoms with Crippen molar-refractivity contribution in [3.05, 3.63) is 55.1 Å². The van der Waals surface area contributed by atoms with Gasteiger partial charge in [0.05, 0.1) is 19.5 Å². The molecular weight excluding hydrogens is 470 g/mol. The number of carbonyl (C=O) groups is 1. The van der Waals surface area contributed by atoms with Crippen LogP contribution in [0.25, 0.3) is 11.2 Å². The highest BCUT2D eigenvalue weighted by Gasteiger charge is 2.21. The summed E-state index contributed by atoms with van der Waals surface area (Å²) >= 11 is 0. The molecule has 2 fully saturated rings. The quantitative estimate of drug-likeness (QED) is 0.377. The first kappa shape index (κ1) is 23.2. The number of nitrogens with zero attached hydrogens (tertiary/aromatic N) is 7. The summed E-state index contributed by atoms with van der Waals surface area (Å²) in [7, 11) is 0. The average Bonchev–Trinajstić information content (AvgIpc) is 3.54. The van der Waals surface area contributed by atoms with Crippen molar-refractivity contribution < 1.29 is 9.53 Å². The summed E-state index contributed by atoms with van der Waals surface area (Å²) in [5.74, 6) is 1.27. The molecule has 0 unspecified atom stereocenters. The second-order valence-electron chi connectivity index (χ2n) is 9.12. The van der Waals surface area contributed by atoms with E-state index in [-0.39, 0.29) is 5.91 Å². The molecule has 0 aliphatic carbocycles. The molecule has 1 amide bonds. The summed E-state index contributed by atoms with van der Waals surface area (Å²) in [6.45, 7) is 5.34. The highest BCUT2D eigenvalue weighted by molar-refractivity contribution is 5.87. The number of carbonyl (C=O) groups excluding carboxylic acids is 1. The van der Waals surface area contributed by atoms with Crippen LogP contribution in [0.2, 0.25) is 0 Å². The molecule has 190 valence electrons. The Hall–Kier alpha value is -4.25. The van der Waals surface area contributed by atoms with Crippen molar-refractivity contribution in [2.45, 2.75) is 19.4 Å². The Kier molecular flexibility index (Phi) is 6.51. The zero-order chi connectivity index (χ0) is 25.0. The number of aromatic nitrogens is 5. The normalized spacial score (nSPS) is 15.9. The molecule has 2 N–H and O–H groups in total. The van der Waals surface area contributed by atoms with Gasteiger partial charge >= 0.3 is 0 Å². The fraction of sp³-hybridized carbons (Fsp3) is 0.346. The van der Waals surface area contributed by atoms with Crippen LogP contribution in [-0.4, -0.2) is 74.7 Å². The largest absolute Gasteiger partial charge is 0.378 e. The molecule has 0 atom stereocenters. The first-order valence-electron chi connectivity index (χ1n) is 12.6. The first-order valence-corrected chi connectivity index (χ1v) is 12.6. The SMILES string of the molecule is O=C1CCCN1CCn1cnc2c(Nc3ccc(N4CCOCC4)cc3)nc(Nc3ccncc3)nc21. The van der Waals surface area contributed by atoms with Gasteiger partial charge in [0.2, 0.25) is 11.9 Å². The Morgan fingerprint density at radius 1 is 0.892 bits per heavy atom. The van der Waals surface area contributed by atoms with Crippen LogP contribution in [-0.2, 0) is 16.1 Å². The van der Waals surface area contributed by atoms with E-state index in [4.69, 9.17) is 14.7 Å². The Balaban J connectivity index is 1.28. The van der Waals surface area contributed by atoms with Gasteiger partial charge in [0.1, 0.15) is 0 Å². The van der Waals surface area contributed by atoms with E-state index in [1.807, 2.05) is 33.7 Å². The van der Waals surface area contributed by atoms with Crippen molar-refractivity contribution in [3.63, 3.8) is 0 Å². The highest BCUT2D eigenvalue weighted by atomic mass is 16.5. The number of rotatable bonds is 8. The maximum Gasteiger partial charge on any atom is 0.231 e. The van der Waals surface area contributed by atoms with E-state index >= 15 is 0 Å². The number of likely N-dealkylation sites (tertiary alicyclic amines) is 1. The van der Waals surface area contributed by atoms with Crippen LogP contribution in [0.3, 0.4) is 0 Å². The molecule has 4 aromatic rings. The van der Waals surface area contributed by atoms with Crippen LogP contribution in [0.15, 0.2) is 55.1 Å². The van der Waals surface area contributed by atoms with E-state index in [2.05, 4.69) is 37.6 Å². The van der Waals surface area contributed by atoms with Gasteiger partial charge in [0.25, 0.3) is 0 Å². The molecule has 3 aromatic heterocycles. The Morgan fingerprint density at radius 3 is 2.43 bits per heavy atom. The van der Waals surface area contributed by atoms with E-state index in [1.54, 1.807) is 18.7 Å². The van der Waals surface area contributed by atoms with Crippen molar-refractivity contribution in [1.82, 2.24) is 29.4 Å². The molecular formula is C26H29N9O2. The fourth-order valence-corrected chi connectivity index (χ4v) is 4.70. The highest BCUT2D eigenvalue weighted by Crippen LogP contribution is 2.27. The number of fused-ring (bicyclic) bond motifs is 1. The summed E-state index contributed by atoms with van der Waals surface area (Å²) in [5, 5.41) is 6.70. The number of anilines is 5. The standard InChI is InChI=1S/C26H29N9O2/c36-22-2-1-11-34(22)12-13-35-18-28-23-24(31-26(32-25(23)35)30-20-7-9-27-10-8-20)29-19-3-5-21(6-4-19)33-14-16-37-17-15-33/h3-10,18H,1-2,11-17H2,(H2,27,29,30,31,32). The molecule has 11 heteroatoms. The maximum absolute atomic E-state index is 12.1. The summed E-state index contributed by atoms with van der Waals surface area (Å²) < 4.78 is 7.45. The molecule has 2 saturated heterocycles. The predicted molar refractivity (Wildman–Crippen MR) is 141 cm³/mol. The predicted octanol–water partition coefficient (Wildman–Crippen LogP) is 3.17. The molecule has 37 heavy (non-hydrogen) atoms. The van der Waals surface area contributed by atoms with E-state index in [0.29, 0.717) is 42.4 Å². The van der Waals surface area contributed by atoms with Gasteiger partial charge in [-0.2, -0.15) is 9.97 Å². The van der Waals surface area contributed by atoms with Gasteiger partial charge < -0.3 is 29.7 Å². The lowest BCUT2D eigenvalue weighted by molar-refractivity contribution is -0.127. The van der Waals surface area contributed by atoms with Crippen LogP contribution >= 0.6 is 0 Å². The van der Waals surface area contributed by atoms with E-state index in [1.165, 1.54) is 5.69 Å². The minimum absolute atomic E-state index is 0.210. The molecule has 0 spiro atoms. The molecule has 1 aromatic carbocycles. The van der Waals surface area contributed by atoms with Crippen molar-refractivity contribution in [3.8, 4) is 0 Å². The number of amides is 1. The Labute approximate surface area is 214 Å². The van der Waals surface area contributed by atoms with Crippen molar-refractivity contribution in [1.29, 1.82) is 0 Å². The Bertz CT molecular complexity index is 1370. The number of hydrogen-bond acceptors (Lipinski definition) is 9. The van der Waals surface area contributed by atoms with Crippen LogP contribution < -0.4 is 15.5 Å². The van der Waals surface area contributed by atoms with E-state index in [0.717, 1.165) is 50.6 Å². The fourth-order valence-electron chi connectivity index (χ4n) is 4.70. The second-order valence-corrected chi connectivity index (χ2v) is 9.12. The molecule has 0 saturated carbocycles. The summed E-state index contributed by atoms with van der Waals surface area (Å²) in [6.07, 6.45) is 6.75.